The molecular formula is C21H22F3N3O. The van der Waals surface area contributed by atoms with Crippen LogP contribution in [0.3, 0.4) is 0 Å². The van der Waals surface area contributed by atoms with Gasteiger partial charge >= 0.3 is 6.18 Å². The molecule has 28 heavy (non-hydrogen) atoms. The predicted molar refractivity (Wildman–Crippen MR) is 100 cm³/mol. The third-order valence-electron chi connectivity index (χ3n) is 5.54. The highest BCUT2D eigenvalue weighted by molar-refractivity contribution is 6.00. The molecule has 2 heterocycles. The summed E-state index contributed by atoms with van der Waals surface area (Å²) in [6.07, 6.45) is -0.826. The first-order valence-electron chi connectivity index (χ1n) is 9.62. The van der Waals surface area contributed by atoms with Gasteiger partial charge in [-0.1, -0.05) is 25.5 Å². The van der Waals surface area contributed by atoms with E-state index < -0.39 is 11.7 Å². The van der Waals surface area contributed by atoms with Gasteiger partial charge < -0.3 is 5.32 Å². The number of anilines is 1. The molecule has 1 atom stereocenters. The Bertz CT molecular complexity index is 972. The van der Waals surface area contributed by atoms with E-state index in [0.29, 0.717) is 17.9 Å². The topological polar surface area (TPSA) is 46.9 Å². The normalized spacial score (nSPS) is 19.3. The fourth-order valence-corrected chi connectivity index (χ4v) is 4.41. The fraction of sp³-hybridized carbons (Fsp3) is 0.429. The highest BCUT2D eigenvalue weighted by atomic mass is 19.4. The van der Waals surface area contributed by atoms with Crippen LogP contribution in [0.4, 0.5) is 19.0 Å². The van der Waals surface area contributed by atoms with Crippen LogP contribution in [0.5, 0.6) is 0 Å². The van der Waals surface area contributed by atoms with Gasteiger partial charge in [0.25, 0.3) is 0 Å². The molecule has 1 aliphatic heterocycles. The number of aromatic nitrogens is 2. The SMILES string of the molecule is CCCC1C2=C(CCCC2=O)Nc2c1c(C)nn2-c1ccccc1C(F)(F)F. The summed E-state index contributed by atoms with van der Waals surface area (Å²) >= 11 is 0. The molecule has 0 bridgehead atoms. The van der Waals surface area contributed by atoms with Crippen molar-refractivity contribution in [1.29, 1.82) is 0 Å². The van der Waals surface area contributed by atoms with Crippen molar-refractivity contribution < 1.29 is 18.0 Å². The summed E-state index contributed by atoms with van der Waals surface area (Å²) in [5, 5.41) is 7.74. The number of rotatable bonds is 3. The van der Waals surface area contributed by atoms with E-state index in [-0.39, 0.29) is 17.4 Å². The van der Waals surface area contributed by atoms with Crippen LogP contribution in [0.1, 0.15) is 61.8 Å². The van der Waals surface area contributed by atoms with Crippen molar-refractivity contribution >= 4 is 11.6 Å². The molecule has 2 aromatic rings. The number of aryl methyl sites for hydroxylation is 1. The molecule has 1 aliphatic carbocycles. The lowest BCUT2D eigenvalue weighted by Crippen LogP contribution is -2.27. The van der Waals surface area contributed by atoms with Crippen molar-refractivity contribution in [3.63, 3.8) is 0 Å². The number of ketones is 1. The van der Waals surface area contributed by atoms with E-state index in [2.05, 4.69) is 10.4 Å². The van der Waals surface area contributed by atoms with Crippen LogP contribution >= 0.6 is 0 Å². The maximum Gasteiger partial charge on any atom is 0.418 e. The molecule has 1 N–H and O–H groups in total. The quantitative estimate of drug-likeness (QED) is 0.752. The number of benzene rings is 1. The smallest absolute Gasteiger partial charge is 0.343 e. The van der Waals surface area contributed by atoms with Crippen LogP contribution in [0.2, 0.25) is 0 Å². The van der Waals surface area contributed by atoms with Gasteiger partial charge in [0.15, 0.2) is 5.78 Å². The number of nitrogens with zero attached hydrogens (tertiary/aromatic N) is 2. The molecule has 1 unspecified atom stereocenters. The van der Waals surface area contributed by atoms with Crippen molar-refractivity contribution in [2.24, 2.45) is 0 Å². The van der Waals surface area contributed by atoms with Gasteiger partial charge in [-0.25, -0.2) is 4.68 Å². The standard InChI is InChI=1S/C21H22F3N3O/c1-3-7-13-18-12(2)26-27(16-10-5-4-8-14(16)21(22,23)24)20(18)25-15-9-6-11-17(28)19(13)15/h4-5,8,10,13,25H,3,6-7,9,11H2,1-2H3. The van der Waals surface area contributed by atoms with Crippen molar-refractivity contribution in [3.05, 3.63) is 52.4 Å². The highest BCUT2D eigenvalue weighted by Crippen LogP contribution is 2.46. The summed E-state index contributed by atoms with van der Waals surface area (Å²) in [6.45, 7) is 3.85. The maximum atomic E-state index is 13.6. The van der Waals surface area contributed by atoms with Crippen molar-refractivity contribution in [3.8, 4) is 5.69 Å². The number of Topliss-reactive ketones (excluding diaryl/α,β-unsaturated/α-hetero) is 1. The van der Waals surface area contributed by atoms with E-state index in [1.165, 1.54) is 16.8 Å². The molecule has 1 aromatic carbocycles. The third-order valence-corrected chi connectivity index (χ3v) is 5.54. The van der Waals surface area contributed by atoms with Crippen LogP contribution in [0, 0.1) is 6.92 Å². The number of fused-ring (bicyclic) bond motifs is 1. The zero-order chi connectivity index (χ0) is 20.1. The first-order chi connectivity index (χ1) is 13.3. The lowest BCUT2D eigenvalue weighted by Gasteiger charge is -2.32. The summed E-state index contributed by atoms with van der Waals surface area (Å²) < 4.78 is 42.1. The van der Waals surface area contributed by atoms with Crippen LogP contribution in [0.15, 0.2) is 35.5 Å². The summed E-state index contributed by atoms with van der Waals surface area (Å²) in [5.74, 6) is 0.581. The Morgan fingerprint density at radius 1 is 1.25 bits per heavy atom. The molecule has 1 aromatic heterocycles. The zero-order valence-corrected chi connectivity index (χ0v) is 15.9. The molecule has 148 valence electrons. The molecule has 0 spiro atoms. The molecule has 4 nitrogen and oxygen atoms in total. The first kappa shape index (κ1) is 18.8. The molecule has 0 amide bonds. The molecule has 0 radical (unpaired) electrons. The molecule has 0 saturated heterocycles. The largest absolute Gasteiger partial charge is 0.418 e. The predicted octanol–water partition coefficient (Wildman–Crippen LogP) is 5.52. The van der Waals surface area contributed by atoms with Crippen LogP contribution in [-0.4, -0.2) is 15.6 Å². The van der Waals surface area contributed by atoms with Gasteiger partial charge in [-0.2, -0.15) is 18.3 Å². The number of carbonyl (C=O) groups is 1. The number of nitrogens with one attached hydrogen (secondary N) is 1. The Morgan fingerprint density at radius 3 is 2.71 bits per heavy atom. The number of carbonyl (C=O) groups excluding carboxylic acids is 1. The van der Waals surface area contributed by atoms with E-state index in [1.54, 1.807) is 13.0 Å². The van der Waals surface area contributed by atoms with E-state index in [0.717, 1.165) is 48.6 Å². The van der Waals surface area contributed by atoms with E-state index in [1.807, 2.05) is 6.92 Å². The van der Waals surface area contributed by atoms with Crippen molar-refractivity contribution in [1.82, 2.24) is 9.78 Å². The monoisotopic (exact) mass is 389 g/mol. The Morgan fingerprint density at radius 2 is 2.00 bits per heavy atom. The zero-order valence-electron chi connectivity index (χ0n) is 15.9. The van der Waals surface area contributed by atoms with E-state index in [9.17, 15) is 18.0 Å². The molecule has 2 aliphatic rings. The lowest BCUT2D eigenvalue weighted by molar-refractivity contribution is -0.137. The minimum absolute atomic E-state index is 0.00622. The molecule has 0 fully saturated rings. The average Bonchev–Trinajstić information content (AvgIpc) is 2.97. The highest BCUT2D eigenvalue weighted by Gasteiger charge is 2.39. The molecule has 4 rings (SSSR count). The maximum absolute atomic E-state index is 13.6. The van der Waals surface area contributed by atoms with Crippen molar-refractivity contribution in [2.75, 3.05) is 5.32 Å². The van der Waals surface area contributed by atoms with Gasteiger partial charge in [0.05, 0.1) is 16.9 Å². The van der Waals surface area contributed by atoms with Crippen LogP contribution in [-0.2, 0) is 11.0 Å². The number of halogens is 3. The minimum atomic E-state index is -4.48. The summed E-state index contributed by atoms with van der Waals surface area (Å²) in [4.78, 5) is 12.6. The third kappa shape index (κ3) is 2.93. The second-order valence-electron chi connectivity index (χ2n) is 7.41. The van der Waals surface area contributed by atoms with Crippen molar-refractivity contribution in [2.45, 2.75) is 58.0 Å². The van der Waals surface area contributed by atoms with E-state index in [4.69, 9.17) is 0 Å². The number of hydrogen-bond acceptors (Lipinski definition) is 3. The number of hydrogen-bond donors (Lipinski definition) is 1. The lowest BCUT2D eigenvalue weighted by atomic mass is 9.77. The Kier molecular flexibility index (Phi) is 4.56. The second-order valence-corrected chi connectivity index (χ2v) is 7.41. The number of allylic oxidation sites excluding steroid dienone is 2. The van der Waals surface area contributed by atoms with Gasteiger partial charge in [0.1, 0.15) is 5.82 Å². The average molecular weight is 389 g/mol. The van der Waals surface area contributed by atoms with Gasteiger partial charge in [-0.3, -0.25) is 4.79 Å². The second kappa shape index (κ2) is 6.79. The summed E-state index contributed by atoms with van der Waals surface area (Å²) in [6, 6.07) is 5.46. The van der Waals surface area contributed by atoms with Gasteiger partial charge in [0.2, 0.25) is 0 Å². The number of para-hydroxylation sites is 1. The van der Waals surface area contributed by atoms with E-state index >= 15 is 0 Å². The minimum Gasteiger partial charge on any atom is -0.343 e. The number of alkyl halides is 3. The van der Waals surface area contributed by atoms with Crippen LogP contribution in [0.25, 0.3) is 5.69 Å². The van der Waals surface area contributed by atoms with Gasteiger partial charge in [-0.05, 0) is 38.3 Å². The summed E-state index contributed by atoms with van der Waals surface area (Å²) in [5.41, 5.74) is 2.40. The van der Waals surface area contributed by atoms with Gasteiger partial charge in [-0.15, -0.1) is 0 Å². The summed E-state index contributed by atoms with van der Waals surface area (Å²) in [7, 11) is 0. The molecular weight excluding hydrogens is 367 g/mol. The fourth-order valence-electron chi connectivity index (χ4n) is 4.41. The Balaban J connectivity index is 1.92. The molecule has 7 heteroatoms. The van der Waals surface area contributed by atoms with Gasteiger partial charge in [0, 0.05) is 29.2 Å². The molecule has 0 saturated carbocycles. The Hall–Kier alpha value is -2.57. The Labute approximate surface area is 161 Å². The van der Waals surface area contributed by atoms with Crippen LogP contribution < -0.4 is 5.32 Å². The first-order valence-corrected chi connectivity index (χ1v) is 9.62.